The average Bonchev–Trinajstić information content (AvgIpc) is 2.95. The summed E-state index contributed by atoms with van der Waals surface area (Å²) in [5, 5.41) is 1.30. The molecule has 0 amide bonds. The number of hydrogen-bond acceptors (Lipinski definition) is 7. The van der Waals surface area contributed by atoms with E-state index in [1.165, 1.54) is 12.0 Å². The van der Waals surface area contributed by atoms with Crippen molar-refractivity contribution in [1.29, 1.82) is 0 Å². The molecule has 1 saturated carbocycles. The summed E-state index contributed by atoms with van der Waals surface area (Å²) in [5.41, 5.74) is 0.0429. The van der Waals surface area contributed by atoms with Gasteiger partial charge >= 0.3 is 17.9 Å². The molecule has 2 atom stereocenters. The first kappa shape index (κ1) is 14.4. The van der Waals surface area contributed by atoms with E-state index in [4.69, 9.17) is 19.0 Å². The van der Waals surface area contributed by atoms with E-state index in [1.54, 1.807) is 0 Å². The van der Waals surface area contributed by atoms with Crippen LogP contribution in [0, 0.1) is 0 Å². The number of nitrogens with zero attached hydrogens (tertiary/aromatic N) is 1. The summed E-state index contributed by atoms with van der Waals surface area (Å²) in [6.07, 6.45) is 8.42. The van der Waals surface area contributed by atoms with E-state index in [0.29, 0.717) is 19.3 Å². The van der Waals surface area contributed by atoms with Gasteiger partial charge in [-0.1, -0.05) is 12.5 Å². The lowest BCUT2D eigenvalue weighted by Gasteiger charge is -2.45. The summed E-state index contributed by atoms with van der Waals surface area (Å²) in [5.74, 6) is -1.89. The first-order valence-corrected chi connectivity index (χ1v) is 8.06. The maximum atomic E-state index is 12.6. The molecule has 1 spiro atoms. The van der Waals surface area contributed by atoms with Crippen LogP contribution in [0.3, 0.4) is 0 Å². The number of rotatable bonds is 1. The van der Waals surface area contributed by atoms with Crippen LogP contribution in [0.4, 0.5) is 0 Å². The predicted molar refractivity (Wildman–Crippen MR) is 76.0 cm³/mol. The summed E-state index contributed by atoms with van der Waals surface area (Å²) in [6.45, 7) is 1.30. The van der Waals surface area contributed by atoms with E-state index in [0.717, 1.165) is 19.3 Å². The van der Waals surface area contributed by atoms with Crippen molar-refractivity contribution in [2.45, 2.75) is 63.4 Å². The normalized spacial score (nSPS) is 31.0. The maximum absolute atomic E-state index is 12.6. The van der Waals surface area contributed by atoms with Crippen molar-refractivity contribution in [2.24, 2.45) is 0 Å². The minimum Gasteiger partial charge on any atom is -0.454 e. The zero-order chi connectivity index (χ0) is 16.0. The largest absolute Gasteiger partial charge is 0.454 e. The highest BCUT2D eigenvalue weighted by Crippen LogP contribution is 2.43. The van der Waals surface area contributed by atoms with Crippen LogP contribution < -0.4 is 0 Å². The quantitative estimate of drug-likeness (QED) is 0.539. The van der Waals surface area contributed by atoms with E-state index in [-0.39, 0.29) is 23.8 Å². The van der Waals surface area contributed by atoms with Crippen LogP contribution >= 0.6 is 0 Å². The molecule has 2 aliphatic carbocycles. The molecule has 23 heavy (non-hydrogen) atoms. The molecule has 4 rings (SSSR count). The Bertz CT molecular complexity index is 604. The Morgan fingerprint density at radius 3 is 2.83 bits per heavy atom. The Hall–Kier alpha value is -2.18. The molecular formula is C16H19NO6. The maximum Gasteiger partial charge on any atom is 0.368 e. The molecule has 7 heteroatoms. The van der Waals surface area contributed by atoms with E-state index in [1.807, 2.05) is 12.2 Å². The van der Waals surface area contributed by atoms with Crippen LogP contribution in [0.15, 0.2) is 23.8 Å². The number of carbonyl (C=O) groups is 2. The van der Waals surface area contributed by atoms with Crippen molar-refractivity contribution in [3.63, 3.8) is 0 Å². The number of fused-ring (bicyclic) bond motifs is 1. The molecule has 0 saturated heterocycles. The van der Waals surface area contributed by atoms with Crippen molar-refractivity contribution >= 4 is 11.9 Å². The molecule has 124 valence electrons. The minimum atomic E-state index is -0.939. The molecule has 0 N–H and O–H groups in total. The third-order valence-corrected chi connectivity index (χ3v) is 4.63. The third-order valence-electron chi connectivity index (χ3n) is 4.63. The van der Waals surface area contributed by atoms with Crippen LogP contribution in [0.2, 0.25) is 0 Å². The standard InChI is InChI=1S/C16H19NO6/c1-10(18)23-17-11-6-5-7-12(11)20-15-13(17)14(19)21-16(22-15)8-3-2-4-9-16/h5,7,11-12H,2-4,6,8-9H2,1H3. The van der Waals surface area contributed by atoms with Crippen LogP contribution in [0.25, 0.3) is 0 Å². The Kier molecular flexibility index (Phi) is 3.25. The predicted octanol–water partition coefficient (Wildman–Crippen LogP) is 1.90. The fraction of sp³-hybridized carbons (Fsp3) is 0.625. The van der Waals surface area contributed by atoms with Crippen molar-refractivity contribution in [2.75, 3.05) is 0 Å². The lowest BCUT2D eigenvalue weighted by molar-refractivity contribution is -0.283. The summed E-state index contributed by atoms with van der Waals surface area (Å²) >= 11 is 0. The van der Waals surface area contributed by atoms with Crippen molar-refractivity contribution < 1.29 is 28.6 Å². The second-order valence-corrected chi connectivity index (χ2v) is 6.32. The monoisotopic (exact) mass is 321 g/mol. The highest BCUT2D eigenvalue weighted by atomic mass is 16.8. The fourth-order valence-electron chi connectivity index (χ4n) is 3.60. The molecule has 1 fully saturated rings. The number of hydrogen-bond donors (Lipinski definition) is 0. The molecule has 0 bridgehead atoms. The zero-order valence-corrected chi connectivity index (χ0v) is 12.9. The Morgan fingerprint density at radius 2 is 2.09 bits per heavy atom. The van der Waals surface area contributed by atoms with Crippen LogP contribution in [0.1, 0.15) is 45.4 Å². The first-order valence-electron chi connectivity index (χ1n) is 8.06. The van der Waals surface area contributed by atoms with Crippen molar-refractivity contribution in [3.8, 4) is 0 Å². The molecular weight excluding hydrogens is 302 g/mol. The molecule has 2 unspecified atom stereocenters. The molecule has 0 radical (unpaired) electrons. The van der Waals surface area contributed by atoms with Crippen LogP contribution in [-0.2, 0) is 28.6 Å². The summed E-state index contributed by atoms with van der Waals surface area (Å²) < 4.78 is 17.4. The topological polar surface area (TPSA) is 74.3 Å². The van der Waals surface area contributed by atoms with Gasteiger partial charge in [0.25, 0.3) is 5.79 Å². The summed E-state index contributed by atoms with van der Waals surface area (Å²) in [7, 11) is 0. The van der Waals surface area contributed by atoms with Crippen LogP contribution in [-0.4, -0.2) is 34.9 Å². The second-order valence-electron chi connectivity index (χ2n) is 6.32. The molecule has 0 aromatic heterocycles. The van der Waals surface area contributed by atoms with Gasteiger partial charge in [0.15, 0.2) is 0 Å². The zero-order valence-electron chi connectivity index (χ0n) is 12.9. The molecule has 2 aliphatic heterocycles. The van der Waals surface area contributed by atoms with Gasteiger partial charge in [-0.15, -0.1) is 0 Å². The van der Waals surface area contributed by atoms with Gasteiger partial charge in [0.05, 0.1) is 0 Å². The van der Waals surface area contributed by atoms with Crippen molar-refractivity contribution in [1.82, 2.24) is 5.06 Å². The lowest BCUT2D eigenvalue weighted by atomic mass is 9.93. The SMILES string of the molecule is CC(=O)ON1C2=C(OC3C=CCC31)OC1(CCCCC1)OC2=O. The number of esters is 1. The van der Waals surface area contributed by atoms with E-state index >= 15 is 0 Å². The van der Waals surface area contributed by atoms with E-state index in [2.05, 4.69) is 0 Å². The van der Waals surface area contributed by atoms with Crippen molar-refractivity contribution in [3.05, 3.63) is 23.8 Å². The van der Waals surface area contributed by atoms with Gasteiger partial charge in [-0.25, -0.2) is 4.79 Å². The van der Waals surface area contributed by atoms with Gasteiger partial charge in [-0.2, -0.15) is 5.06 Å². The minimum absolute atomic E-state index is 0.0429. The summed E-state index contributed by atoms with van der Waals surface area (Å²) in [6, 6.07) is -0.269. The lowest BCUT2D eigenvalue weighted by Crippen LogP contribution is -2.54. The smallest absolute Gasteiger partial charge is 0.368 e. The Balaban J connectivity index is 1.69. The van der Waals surface area contributed by atoms with Crippen LogP contribution in [0.5, 0.6) is 0 Å². The van der Waals surface area contributed by atoms with Gasteiger partial charge in [-0.3, -0.25) is 4.79 Å². The Morgan fingerprint density at radius 1 is 1.30 bits per heavy atom. The van der Waals surface area contributed by atoms with E-state index in [9.17, 15) is 9.59 Å². The van der Waals surface area contributed by atoms with Gasteiger partial charge in [-0.05, 0) is 25.3 Å². The fourth-order valence-corrected chi connectivity index (χ4v) is 3.60. The molecule has 7 nitrogen and oxygen atoms in total. The first-order chi connectivity index (χ1) is 11.1. The highest BCUT2D eigenvalue weighted by molar-refractivity contribution is 5.89. The van der Waals surface area contributed by atoms with Gasteiger partial charge in [0, 0.05) is 19.8 Å². The van der Waals surface area contributed by atoms with Gasteiger partial charge in [0.1, 0.15) is 12.1 Å². The summed E-state index contributed by atoms with van der Waals surface area (Å²) in [4.78, 5) is 29.3. The molecule has 0 aromatic rings. The highest BCUT2D eigenvalue weighted by Gasteiger charge is 2.53. The Labute approximate surface area is 133 Å². The number of hydroxylamine groups is 2. The number of carbonyl (C=O) groups excluding carboxylic acids is 2. The average molecular weight is 321 g/mol. The van der Waals surface area contributed by atoms with Gasteiger partial charge in [0.2, 0.25) is 5.70 Å². The second kappa shape index (κ2) is 5.18. The van der Waals surface area contributed by atoms with E-state index < -0.39 is 17.7 Å². The molecule has 0 aromatic carbocycles. The van der Waals surface area contributed by atoms with Gasteiger partial charge < -0.3 is 19.0 Å². The molecule has 4 aliphatic rings. The number of ether oxygens (including phenoxy) is 3. The third kappa shape index (κ3) is 2.34. The molecule has 2 heterocycles.